The van der Waals surface area contributed by atoms with Crippen LogP contribution in [0, 0.1) is 5.82 Å². The Hall–Kier alpha value is -0.590. The molecular formula is C15H13Br3FNO. The minimum atomic E-state index is -0.246. The number of hydrogen-bond acceptors (Lipinski definition) is 2. The van der Waals surface area contributed by atoms with Gasteiger partial charge >= 0.3 is 0 Å². The highest BCUT2D eigenvalue weighted by Crippen LogP contribution is 2.36. The van der Waals surface area contributed by atoms with E-state index in [0.29, 0.717) is 11.3 Å². The Kier molecular flexibility index (Phi) is 5.68. The average Bonchev–Trinajstić information content (AvgIpc) is 2.41. The first-order valence-electron chi connectivity index (χ1n) is 6.17. The van der Waals surface area contributed by atoms with Gasteiger partial charge in [-0.3, -0.25) is 0 Å². The molecule has 0 radical (unpaired) electrons. The molecule has 2 rings (SSSR count). The van der Waals surface area contributed by atoms with E-state index in [-0.39, 0.29) is 11.9 Å². The molecule has 0 bridgehead atoms. The van der Waals surface area contributed by atoms with Crippen LogP contribution in [-0.4, -0.2) is 7.11 Å². The van der Waals surface area contributed by atoms with Crippen molar-refractivity contribution in [2.24, 2.45) is 0 Å². The number of nitrogens with one attached hydrogen (secondary N) is 1. The van der Waals surface area contributed by atoms with Crippen molar-refractivity contribution in [1.29, 1.82) is 0 Å². The maximum Gasteiger partial charge on any atom is 0.135 e. The predicted octanol–water partition coefficient (Wildman–Crippen LogP) is 6.29. The van der Waals surface area contributed by atoms with Gasteiger partial charge in [-0.2, -0.15) is 0 Å². The fourth-order valence-electron chi connectivity index (χ4n) is 1.96. The zero-order chi connectivity index (χ0) is 15.6. The zero-order valence-electron chi connectivity index (χ0n) is 11.4. The van der Waals surface area contributed by atoms with Crippen LogP contribution in [0.5, 0.6) is 5.75 Å². The van der Waals surface area contributed by atoms with Gasteiger partial charge in [0.1, 0.15) is 11.6 Å². The summed E-state index contributed by atoms with van der Waals surface area (Å²) in [4.78, 5) is 0. The molecule has 0 aromatic heterocycles. The van der Waals surface area contributed by atoms with Gasteiger partial charge in [-0.25, -0.2) is 4.39 Å². The van der Waals surface area contributed by atoms with Gasteiger partial charge in [0.25, 0.3) is 0 Å². The number of anilines is 1. The van der Waals surface area contributed by atoms with Crippen molar-refractivity contribution in [2.75, 3.05) is 12.4 Å². The molecular weight excluding hydrogens is 469 g/mol. The van der Waals surface area contributed by atoms with Crippen molar-refractivity contribution < 1.29 is 9.13 Å². The van der Waals surface area contributed by atoms with Crippen molar-refractivity contribution in [3.05, 3.63) is 55.1 Å². The summed E-state index contributed by atoms with van der Waals surface area (Å²) in [5.41, 5.74) is 1.44. The van der Waals surface area contributed by atoms with Gasteiger partial charge < -0.3 is 10.1 Å². The molecule has 2 nitrogen and oxygen atoms in total. The molecule has 2 aromatic rings. The number of halogens is 4. The number of benzene rings is 2. The highest BCUT2D eigenvalue weighted by atomic mass is 79.9. The van der Waals surface area contributed by atoms with Gasteiger partial charge in [0.05, 0.1) is 23.3 Å². The second-order valence-corrected chi connectivity index (χ2v) is 7.12. The first kappa shape index (κ1) is 16.8. The topological polar surface area (TPSA) is 21.3 Å². The van der Waals surface area contributed by atoms with Crippen molar-refractivity contribution >= 4 is 53.5 Å². The van der Waals surface area contributed by atoms with Crippen LogP contribution in [0.25, 0.3) is 0 Å². The van der Waals surface area contributed by atoms with Gasteiger partial charge in [0, 0.05) is 20.6 Å². The molecule has 0 fully saturated rings. The van der Waals surface area contributed by atoms with Crippen LogP contribution in [0.4, 0.5) is 10.1 Å². The number of hydrogen-bond donors (Lipinski definition) is 1. The van der Waals surface area contributed by atoms with Crippen molar-refractivity contribution in [3.63, 3.8) is 0 Å². The SMILES string of the molecule is COc1cc(NC(C)c2ccc(Br)cc2F)c(Br)cc1Br. The largest absolute Gasteiger partial charge is 0.495 e. The Morgan fingerprint density at radius 1 is 1.10 bits per heavy atom. The van der Waals surface area contributed by atoms with E-state index in [9.17, 15) is 4.39 Å². The molecule has 0 saturated carbocycles. The Morgan fingerprint density at radius 3 is 2.43 bits per heavy atom. The molecule has 0 heterocycles. The van der Waals surface area contributed by atoms with Crippen LogP contribution in [0.2, 0.25) is 0 Å². The Morgan fingerprint density at radius 2 is 1.81 bits per heavy atom. The minimum absolute atomic E-state index is 0.180. The standard InChI is InChI=1S/C15H13Br3FNO/c1-8(10-4-3-9(16)5-13(10)19)20-14-7-15(21-2)12(18)6-11(14)17/h3-8,20H,1-2H3. The molecule has 0 spiro atoms. The van der Waals surface area contributed by atoms with Gasteiger partial charge in [-0.05, 0) is 57.0 Å². The molecule has 0 aliphatic heterocycles. The lowest BCUT2D eigenvalue weighted by atomic mass is 10.1. The van der Waals surface area contributed by atoms with E-state index in [2.05, 4.69) is 53.1 Å². The van der Waals surface area contributed by atoms with Crippen LogP contribution in [0.3, 0.4) is 0 Å². The van der Waals surface area contributed by atoms with Crippen LogP contribution in [0.15, 0.2) is 43.7 Å². The lowest BCUT2D eigenvalue weighted by Gasteiger charge is -2.19. The third-order valence-corrected chi connectivity index (χ3v) is 4.81. The molecule has 2 aromatic carbocycles. The number of rotatable bonds is 4. The van der Waals surface area contributed by atoms with E-state index >= 15 is 0 Å². The molecule has 1 unspecified atom stereocenters. The third kappa shape index (κ3) is 3.99. The van der Waals surface area contributed by atoms with Crippen LogP contribution in [-0.2, 0) is 0 Å². The van der Waals surface area contributed by atoms with E-state index in [4.69, 9.17) is 4.74 Å². The lowest BCUT2D eigenvalue weighted by Crippen LogP contribution is -2.09. The van der Waals surface area contributed by atoms with E-state index in [0.717, 1.165) is 19.1 Å². The minimum Gasteiger partial charge on any atom is -0.495 e. The van der Waals surface area contributed by atoms with E-state index in [1.54, 1.807) is 13.2 Å². The Labute approximate surface area is 148 Å². The molecule has 112 valence electrons. The summed E-state index contributed by atoms with van der Waals surface area (Å²) in [5.74, 6) is 0.466. The smallest absolute Gasteiger partial charge is 0.135 e. The second-order valence-electron chi connectivity index (χ2n) is 4.50. The first-order valence-corrected chi connectivity index (χ1v) is 8.54. The summed E-state index contributed by atoms with van der Waals surface area (Å²) in [6, 6.07) is 8.63. The van der Waals surface area contributed by atoms with E-state index < -0.39 is 0 Å². The fraction of sp³-hybridized carbons (Fsp3) is 0.200. The summed E-state index contributed by atoms with van der Waals surface area (Å²) in [6.45, 7) is 1.91. The first-order chi connectivity index (χ1) is 9.92. The van der Waals surface area contributed by atoms with Crippen LogP contribution in [0.1, 0.15) is 18.5 Å². The second kappa shape index (κ2) is 7.11. The van der Waals surface area contributed by atoms with Gasteiger partial charge in [0.2, 0.25) is 0 Å². The predicted molar refractivity (Wildman–Crippen MR) is 94.5 cm³/mol. The van der Waals surface area contributed by atoms with Gasteiger partial charge in [0.15, 0.2) is 0 Å². The maximum absolute atomic E-state index is 14.0. The molecule has 1 N–H and O–H groups in total. The highest BCUT2D eigenvalue weighted by Gasteiger charge is 2.14. The molecule has 21 heavy (non-hydrogen) atoms. The molecule has 0 saturated heterocycles. The fourth-order valence-corrected chi connectivity index (χ4v) is 3.56. The summed E-state index contributed by atoms with van der Waals surface area (Å²) >= 11 is 10.2. The van der Waals surface area contributed by atoms with E-state index in [1.807, 2.05) is 25.1 Å². The Bertz CT molecular complexity index is 664. The highest BCUT2D eigenvalue weighted by molar-refractivity contribution is 9.11. The van der Waals surface area contributed by atoms with Gasteiger partial charge in [-0.1, -0.05) is 22.0 Å². The van der Waals surface area contributed by atoms with Crippen molar-refractivity contribution in [1.82, 2.24) is 0 Å². The maximum atomic E-state index is 14.0. The van der Waals surface area contributed by atoms with Crippen LogP contribution < -0.4 is 10.1 Å². The quantitative estimate of drug-likeness (QED) is 0.553. The molecule has 0 aliphatic carbocycles. The monoisotopic (exact) mass is 479 g/mol. The number of ether oxygens (including phenoxy) is 1. The molecule has 0 aliphatic rings. The third-order valence-electron chi connectivity index (χ3n) is 3.04. The molecule has 6 heteroatoms. The summed E-state index contributed by atoms with van der Waals surface area (Å²) in [5, 5.41) is 3.29. The van der Waals surface area contributed by atoms with Crippen molar-refractivity contribution in [2.45, 2.75) is 13.0 Å². The summed E-state index contributed by atoms with van der Waals surface area (Å²) < 4.78 is 21.7. The molecule has 0 amide bonds. The Balaban J connectivity index is 2.29. The van der Waals surface area contributed by atoms with E-state index in [1.165, 1.54) is 6.07 Å². The summed E-state index contributed by atoms with van der Waals surface area (Å²) in [7, 11) is 1.61. The zero-order valence-corrected chi connectivity index (χ0v) is 16.1. The lowest BCUT2D eigenvalue weighted by molar-refractivity contribution is 0.412. The molecule has 1 atom stereocenters. The summed E-state index contributed by atoms with van der Waals surface area (Å²) in [6.07, 6.45) is 0. The van der Waals surface area contributed by atoms with Crippen LogP contribution >= 0.6 is 47.8 Å². The average molecular weight is 482 g/mol. The van der Waals surface area contributed by atoms with Gasteiger partial charge in [-0.15, -0.1) is 0 Å². The normalized spacial score (nSPS) is 12.1. The van der Waals surface area contributed by atoms with Crippen molar-refractivity contribution in [3.8, 4) is 5.75 Å². The number of methoxy groups -OCH3 is 1.